The fraction of sp³-hybridized carbons (Fsp3) is 0.182. The lowest BCUT2D eigenvalue weighted by Crippen LogP contribution is -2.12. The van der Waals surface area contributed by atoms with Gasteiger partial charge in [-0.25, -0.2) is 9.78 Å². The number of aromatic nitrogens is 2. The number of hydrogen-bond donors (Lipinski definition) is 0. The highest BCUT2D eigenvalue weighted by Crippen LogP contribution is 2.34. The van der Waals surface area contributed by atoms with Crippen LogP contribution in [0.5, 0.6) is 0 Å². The molecule has 30 heavy (non-hydrogen) atoms. The van der Waals surface area contributed by atoms with E-state index in [-0.39, 0.29) is 12.2 Å². The number of ether oxygens (including phenoxy) is 1. The third-order valence-corrected chi connectivity index (χ3v) is 5.53. The van der Waals surface area contributed by atoms with E-state index in [4.69, 9.17) is 4.74 Å². The summed E-state index contributed by atoms with van der Waals surface area (Å²) in [5, 5.41) is 3.08. The first kappa shape index (κ1) is 20.2. The summed E-state index contributed by atoms with van der Waals surface area (Å²) in [4.78, 5) is 17.0. The average Bonchev–Trinajstić information content (AvgIpc) is 3.35. The van der Waals surface area contributed by atoms with Crippen molar-refractivity contribution in [1.82, 2.24) is 9.55 Å². The number of rotatable bonds is 5. The van der Waals surface area contributed by atoms with Crippen molar-refractivity contribution in [2.45, 2.75) is 19.6 Å². The van der Waals surface area contributed by atoms with E-state index in [9.17, 15) is 18.0 Å². The number of esters is 1. The molecule has 0 saturated carbocycles. The molecule has 2 heterocycles. The lowest BCUT2D eigenvalue weighted by Gasteiger charge is -2.12. The first-order valence-corrected chi connectivity index (χ1v) is 10.1. The van der Waals surface area contributed by atoms with Gasteiger partial charge in [0.25, 0.3) is 0 Å². The Kier molecular flexibility index (Phi) is 5.34. The molecule has 154 valence electrons. The van der Waals surface area contributed by atoms with Crippen molar-refractivity contribution in [2.24, 2.45) is 0 Å². The van der Waals surface area contributed by atoms with Crippen molar-refractivity contribution in [3.8, 4) is 10.6 Å². The maximum atomic E-state index is 13.3. The van der Waals surface area contributed by atoms with Gasteiger partial charge in [-0.05, 0) is 25.1 Å². The van der Waals surface area contributed by atoms with Crippen LogP contribution in [-0.2, 0) is 17.5 Å². The monoisotopic (exact) mass is 430 g/mol. The van der Waals surface area contributed by atoms with Gasteiger partial charge in [-0.2, -0.15) is 13.2 Å². The highest BCUT2D eigenvalue weighted by Gasteiger charge is 2.33. The van der Waals surface area contributed by atoms with Crippen molar-refractivity contribution < 1.29 is 22.7 Å². The smallest absolute Gasteiger partial charge is 0.416 e. The molecule has 4 aromatic rings. The van der Waals surface area contributed by atoms with E-state index in [0.717, 1.165) is 28.4 Å². The Hall–Kier alpha value is -3.13. The summed E-state index contributed by atoms with van der Waals surface area (Å²) in [6.45, 7) is 2.01. The van der Waals surface area contributed by atoms with Gasteiger partial charge < -0.3 is 9.30 Å². The predicted octanol–water partition coefficient (Wildman–Crippen LogP) is 6.01. The Morgan fingerprint density at radius 2 is 1.93 bits per heavy atom. The van der Waals surface area contributed by atoms with E-state index < -0.39 is 17.7 Å². The van der Waals surface area contributed by atoms with E-state index in [1.165, 1.54) is 11.3 Å². The number of nitrogens with zero attached hydrogens (tertiary/aromatic N) is 2. The van der Waals surface area contributed by atoms with Crippen LogP contribution in [0.2, 0.25) is 0 Å². The van der Waals surface area contributed by atoms with Crippen LogP contribution < -0.4 is 0 Å². The van der Waals surface area contributed by atoms with Gasteiger partial charge in [0.15, 0.2) is 0 Å². The first-order valence-electron chi connectivity index (χ1n) is 9.24. The third kappa shape index (κ3) is 3.95. The molecule has 4 rings (SSSR count). The van der Waals surface area contributed by atoms with Crippen molar-refractivity contribution in [3.05, 3.63) is 76.9 Å². The third-order valence-electron chi connectivity index (χ3n) is 4.59. The SMILES string of the molecule is CCOC(=O)c1cc(C(F)(F)F)cc2ccn(Cc3csc(-c4ccccc4)n3)c12. The molecule has 0 bridgehead atoms. The Morgan fingerprint density at radius 1 is 1.17 bits per heavy atom. The van der Waals surface area contributed by atoms with Gasteiger partial charge in [0.1, 0.15) is 5.01 Å². The average molecular weight is 430 g/mol. The maximum absolute atomic E-state index is 13.3. The van der Waals surface area contributed by atoms with Gasteiger partial charge in [0.05, 0.1) is 35.5 Å². The van der Waals surface area contributed by atoms with Gasteiger partial charge in [-0.3, -0.25) is 0 Å². The van der Waals surface area contributed by atoms with Crippen LogP contribution in [-0.4, -0.2) is 22.1 Å². The van der Waals surface area contributed by atoms with E-state index in [1.54, 1.807) is 23.8 Å². The van der Waals surface area contributed by atoms with Crippen molar-refractivity contribution >= 4 is 28.2 Å². The molecule has 0 aliphatic carbocycles. The van der Waals surface area contributed by atoms with Crippen molar-refractivity contribution in [3.63, 3.8) is 0 Å². The number of hydrogen-bond acceptors (Lipinski definition) is 4. The molecule has 0 saturated heterocycles. The number of benzene rings is 2. The van der Waals surface area contributed by atoms with Crippen LogP contribution in [0.15, 0.2) is 60.1 Å². The number of halogens is 3. The zero-order chi connectivity index (χ0) is 21.3. The van der Waals surface area contributed by atoms with Crippen LogP contribution in [0, 0.1) is 0 Å². The summed E-state index contributed by atoms with van der Waals surface area (Å²) in [7, 11) is 0. The lowest BCUT2D eigenvalue weighted by atomic mass is 10.1. The fourth-order valence-corrected chi connectivity index (χ4v) is 4.09. The number of carbonyl (C=O) groups is 1. The highest BCUT2D eigenvalue weighted by atomic mass is 32.1. The van der Waals surface area contributed by atoms with Crippen molar-refractivity contribution in [2.75, 3.05) is 6.61 Å². The standard InChI is InChI=1S/C22H17F3N2O2S/c1-2-29-21(28)18-11-16(22(23,24)25)10-15-8-9-27(19(15)18)12-17-13-30-20(26-17)14-6-4-3-5-7-14/h3-11,13H,2,12H2,1H3. The Morgan fingerprint density at radius 3 is 2.63 bits per heavy atom. The summed E-state index contributed by atoms with van der Waals surface area (Å²) in [5.41, 5.74) is 1.16. The molecule has 0 atom stereocenters. The zero-order valence-corrected chi connectivity index (χ0v) is 16.8. The molecule has 0 fully saturated rings. The summed E-state index contributed by atoms with van der Waals surface area (Å²) >= 11 is 1.49. The molecule has 4 nitrogen and oxygen atoms in total. The van der Waals surface area contributed by atoms with E-state index in [2.05, 4.69) is 4.98 Å². The summed E-state index contributed by atoms with van der Waals surface area (Å²) in [6, 6.07) is 13.2. The Labute approximate surface area is 174 Å². The molecular formula is C22H17F3N2O2S. The summed E-state index contributed by atoms with van der Waals surface area (Å²) in [6.07, 6.45) is -2.90. The van der Waals surface area contributed by atoms with Crippen LogP contribution in [0.4, 0.5) is 13.2 Å². The second-order valence-corrected chi connectivity index (χ2v) is 7.49. The van der Waals surface area contributed by atoms with Crippen molar-refractivity contribution in [1.29, 1.82) is 0 Å². The second kappa shape index (κ2) is 7.95. The molecule has 0 spiro atoms. The number of thiazole rings is 1. The zero-order valence-electron chi connectivity index (χ0n) is 15.9. The number of alkyl halides is 3. The second-order valence-electron chi connectivity index (χ2n) is 6.63. The topological polar surface area (TPSA) is 44.1 Å². The minimum Gasteiger partial charge on any atom is -0.462 e. The summed E-state index contributed by atoms with van der Waals surface area (Å²) < 4.78 is 46.6. The molecule has 0 aliphatic rings. The van der Waals surface area contributed by atoms with E-state index in [0.29, 0.717) is 17.4 Å². The molecule has 0 N–H and O–H groups in total. The van der Waals surface area contributed by atoms with Gasteiger partial charge in [-0.1, -0.05) is 30.3 Å². The molecule has 0 aliphatic heterocycles. The summed E-state index contributed by atoms with van der Waals surface area (Å²) in [5.74, 6) is -0.781. The van der Waals surface area contributed by atoms with Gasteiger partial charge in [0, 0.05) is 22.5 Å². The van der Waals surface area contributed by atoms with E-state index in [1.807, 2.05) is 35.7 Å². The Balaban J connectivity index is 1.75. The molecule has 0 radical (unpaired) electrons. The molecule has 0 amide bonds. The number of carbonyl (C=O) groups excluding carboxylic acids is 1. The number of fused-ring (bicyclic) bond motifs is 1. The molecule has 8 heteroatoms. The van der Waals surface area contributed by atoms with Gasteiger partial charge in [0.2, 0.25) is 0 Å². The van der Waals surface area contributed by atoms with E-state index >= 15 is 0 Å². The molecule has 2 aromatic heterocycles. The molecule has 0 unspecified atom stereocenters. The van der Waals surface area contributed by atoms with Gasteiger partial charge in [-0.15, -0.1) is 11.3 Å². The molecule has 2 aromatic carbocycles. The maximum Gasteiger partial charge on any atom is 0.416 e. The van der Waals surface area contributed by atoms with Crippen LogP contribution >= 0.6 is 11.3 Å². The van der Waals surface area contributed by atoms with Crippen LogP contribution in [0.3, 0.4) is 0 Å². The van der Waals surface area contributed by atoms with Crippen LogP contribution in [0.25, 0.3) is 21.5 Å². The van der Waals surface area contributed by atoms with Crippen LogP contribution in [0.1, 0.15) is 28.5 Å². The Bertz CT molecular complexity index is 1200. The largest absolute Gasteiger partial charge is 0.462 e. The molecular weight excluding hydrogens is 413 g/mol. The first-order chi connectivity index (χ1) is 14.4. The fourth-order valence-electron chi connectivity index (χ4n) is 3.28. The normalized spacial score (nSPS) is 11.7. The lowest BCUT2D eigenvalue weighted by molar-refractivity contribution is -0.137. The van der Waals surface area contributed by atoms with Gasteiger partial charge >= 0.3 is 12.1 Å². The minimum atomic E-state index is -4.56. The predicted molar refractivity (Wildman–Crippen MR) is 110 cm³/mol. The quantitative estimate of drug-likeness (QED) is 0.364. The highest BCUT2D eigenvalue weighted by molar-refractivity contribution is 7.13. The minimum absolute atomic E-state index is 0.0732.